The van der Waals surface area contributed by atoms with E-state index in [0.29, 0.717) is 29.2 Å². The molecule has 2 aromatic heterocycles. The molecular weight excluding hydrogens is 368 g/mol. The van der Waals surface area contributed by atoms with E-state index in [1.165, 1.54) is 7.11 Å². The van der Waals surface area contributed by atoms with Crippen LogP contribution < -0.4 is 15.8 Å². The van der Waals surface area contributed by atoms with Crippen LogP contribution in [0.1, 0.15) is 27.2 Å². The monoisotopic (exact) mass is 392 g/mol. The Bertz CT molecular complexity index is 796. The van der Waals surface area contributed by atoms with E-state index in [4.69, 9.17) is 22.1 Å². The largest absolute Gasteiger partial charge is 0.475 e. The van der Waals surface area contributed by atoms with Gasteiger partial charge in [-0.2, -0.15) is 0 Å². The second-order valence-corrected chi connectivity index (χ2v) is 7.51. The minimum atomic E-state index is -0.592. The minimum absolute atomic E-state index is 0.319. The van der Waals surface area contributed by atoms with Gasteiger partial charge in [0.2, 0.25) is 5.88 Å². The van der Waals surface area contributed by atoms with Crippen molar-refractivity contribution in [3.8, 4) is 17.0 Å². The predicted molar refractivity (Wildman–Crippen MR) is 106 cm³/mol. The van der Waals surface area contributed by atoms with E-state index < -0.39 is 11.6 Å². The molecule has 0 aromatic carbocycles. The number of rotatable bonds is 7. The molecule has 7 nitrogen and oxygen atoms in total. The fourth-order valence-electron chi connectivity index (χ4n) is 2.75. The number of aromatic nitrogens is 2. The van der Waals surface area contributed by atoms with Crippen LogP contribution in [0.25, 0.3) is 11.1 Å². The number of nitrogens with two attached hydrogens (primary N) is 1. The van der Waals surface area contributed by atoms with Gasteiger partial charge in [-0.15, -0.1) is 0 Å². The molecule has 0 saturated heterocycles. The molecule has 0 spiro atoms. The summed E-state index contributed by atoms with van der Waals surface area (Å²) >= 11 is 6.33. The molecule has 1 atom stereocenters. The van der Waals surface area contributed by atoms with Crippen LogP contribution >= 0.6 is 11.6 Å². The van der Waals surface area contributed by atoms with E-state index in [0.717, 1.165) is 17.5 Å². The molecule has 1 unspecified atom stereocenters. The number of halogens is 1. The molecule has 0 fully saturated rings. The van der Waals surface area contributed by atoms with Crippen LogP contribution in [-0.2, 0) is 4.74 Å². The van der Waals surface area contributed by atoms with E-state index in [-0.39, 0.29) is 0 Å². The zero-order valence-corrected chi connectivity index (χ0v) is 16.7. The summed E-state index contributed by atoms with van der Waals surface area (Å²) < 4.78 is 10.3. The molecule has 0 aliphatic carbocycles. The summed E-state index contributed by atoms with van der Waals surface area (Å²) in [7, 11) is 1.29. The van der Waals surface area contributed by atoms with Crippen LogP contribution in [0, 0.1) is 5.92 Å². The van der Waals surface area contributed by atoms with Gasteiger partial charge in [0.05, 0.1) is 7.11 Å². The molecule has 2 heterocycles. The van der Waals surface area contributed by atoms with Gasteiger partial charge in [0.15, 0.2) is 0 Å². The van der Waals surface area contributed by atoms with Crippen LogP contribution in [0.5, 0.6) is 5.88 Å². The Balaban J connectivity index is 2.12. The highest BCUT2D eigenvalue weighted by atomic mass is 35.5. The Morgan fingerprint density at radius 2 is 2.07 bits per heavy atom. The number of nitrogens with one attached hydrogen (secondary N) is 1. The first-order chi connectivity index (χ1) is 12.7. The zero-order valence-electron chi connectivity index (χ0n) is 16.0. The summed E-state index contributed by atoms with van der Waals surface area (Å²) in [5, 5.41) is 2.90. The van der Waals surface area contributed by atoms with Crippen LogP contribution in [0.2, 0.25) is 5.02 Å². The Kier molecular flexibility index (Phi) is 6.98. The smallest absolute Gasteiger partial charge is 0.412 e. The summed E-state index contributed by atoms with van der Waals surface area (Å²) in [6, 6.07) is 5.23. The number of nitrogens with zero attached hydrogens (tertiary/aromatic N) is 2. The highest BCUT2D eigenvalue weighted by molar-refractivity contribution is 6.32. The first-order valence-corrected chi connectivity index (χ1v) is 8.96. The number of anilines is 1. The molecular formula is C19H25ClN4O3. The number of carbonyl (C=O) groups is 1. The quantitative estimate of drug-likeness (QED) is 0.735. The Morgan fingerprint density at radius 1 is 1.33 bits per heavy atom. The lowest BCUT2D eigenvalue weighted by molar-refractivity contribution is 0.187. The maximum absolute atomic E-state index is 11.3. The summed E-state index contributed by atoms with van der Waals surface area (Å²) in [6.07, 6.45) is 3.46. The van der Waals surface area contributed by atoms with Crippen LogP contribution in [-0.4, -0.2) is 35.3 Å². The van der Waals surface area contributed by atoms with Crippen molar-refractivity contribution >= 4 is 23.5 Å². The van der Waals surface area contributed by atoms with Crippen molar-refractivity contribution in [3.05, 3.63) is 35.6 Å². The normalized spacial score (nSPS) is 13.1. The lowest BCUT2D eigenvalue weighted by atomic mass is 9.93. The molecule has 1 amide bonds. The molecule has 8 heteroatoms. The van der Waals surface area contributed by atoms with E-state index in [1.54, 1.807) is 30.6 Å². The van der Waals surface area contributed by atoms with Gasteiger partial charge in [0.1, 0.15) is 17.4 Å². The lowest BCUT2D eigenvalue weighted by Gasteiger charge is -2.26. The van der Waals surface area contributed by atoms with Gasteiger partial charge in [0, 0.05) is 23.5 Å². The molecule has 27 heavy (non-hydrogen) atoms. The van der Waals surface area contributed by atoms with Gasteiger partial charge in [-0.1, -0.05) is 25.4 Å². The third-order valence-corrected chi connectivity index (χ3v) is 4.00. The SMILES string of the molecule is COC(=O)Nc1cc(-c2cnc(OCC(C)(N)CC(C)C)c(Cl)c2)ccn1. The standard InChI is InChI=1S/C19H25ClN4O3/c1-12(2)9-19(3,21)11-27-17-15(20)7-14(10-23-17)13-5-6-22-16(8-13)24-18(25)26-4/h5-8,10,12H,9,11,21H2,1-4H3,(H,22,24,25). The van der Waals surface area contributed by atoms with E-state index in [1.807, 2.05) is 6.92 Å². The number of pyridine rings is 2. The van der Waals surface area contributed by atoms with Crippen molar-refractivity contribution in [2.24, 2.45) is 11.7 Å². The van der Waals surface area contributed by atoms with Crippen LogP contribution in [0.3, 0.4) is 0 Å². The number of amides is 1. The number of ether oxygens (including phenoxy) is 2. The molecule has 0 bridgehead atoms. The molecule has 146 valence electrons. The first-order valence-electron chi connectivity index (χ1n) is 8.59. The van der Waals surface area contributed by atoms with Gasteiger partial charge >= 0.3 is 6.09 Å². The number of hydrogen-bond donors (Lipinski definition) is 2. The fraction of sp³-hybridized carbons (Fsp3) is 0.421. The Labute approximate surface area is 164 Å². The van der Waals surface area contributed by atoms with Crippen LogP contribution in [0.4, 0.5) is 10.6 Å². The van der Waals surface area contributed by atoms with Crippen LogP contribution in [0.15, 0.2) is 30.6 Å². The fourth-order valence-corrected chi connectivity index (χ4v) is 2.97. The average molecular weight is 393 g/mol. The molecule has 2 aromatic rings. The third-order valence-electron chi connectivity index (χ3n) is 3.73. The van der Waals surface area contributed by atoms with Crippen molar-refractivity contribution in [2.75, 3.05) is 19.0 Å². The molecule has 0 aliphatic rings. The lowest BCUT2D eigenvalue weighted by Crippen LogP contribution is -2.43. The summed E-state index contributed by atoms with van der Waals surface area (Å²) in [5.74, 6) is 1.17. The molecule has 2 rings (SSSR count). The zero-order chi connectivity index (χ0) is 20.0. The van der Waals surface area contributed by atoms with Crippen molar-refractivity contribution in [1.29, 1.82) is 0 Å². The second kappa shape index (κ2) is 9.01. The Hall–Kier alpha value is -2.38. The molecule has 3 N–H and O–H groups in total. The van der Waals surface area contributed by atoms with Gasteiger partial charge < -0.3 is 15.2 Å². The topological polar surface area (TPSA) is 99.4 Å². The summed E-state index contributed by atoms with van der Waals surface area (Å²) in [4.78, 5) is 19.7. The minimum Gasteiger partial charge on any atom is -0.475 e. The van der Waals surface area contributed by atoms with Crippen molar-refractivity contribution in [1.82, 2.24) is 9.97 Å². The number of hydrogen-bond acceptors (Lipinski definition) is 6. The first kappa shape index (κ1) is 20.9. The van der Waals surface area contributed by atoms with Crippen molar-refractivity contribution < 1.29 is 14.3 Å². The summed E-state index contributed by atoms with van der Waals surface area (Å²) in [5.41, 5.74) is 7.35. The summed E-state index contributed by atoms with van der Waals surface area (Å²) in [6.45, 7) is 6.49. The maximum Gasteiger partial charge on any atom is 0.412 e. The maximum atomic E-state index is 11.3. The van der Waals surface area contributed by atoms with Gasteiger partial charge in [-0.25, -0.2) is 14.8 Å². The van der Waals surface area contributed by atoms with E-state index >= 15 is 0 Å². The van der Waals surface area contributed by atoms with Crippen molar-refractivity contribution in [2.45, 2.75) is 32.7 Å². The third kappa shape index (κ3) is 6.37. The second-order valence-electron chi connectivity index (χ2n) is 7.10. The molecule has 0 saturated carbocycles. The highest BCUT2D eigenvalue weighted by Gasteiger charge is 2.22. The highest BCUT2D eigenvalue weighted by Crippen LogP contribution is 2.29. The van der Waals surface area contributed by atoms with Gasteiger partial charge in [0.25, 0.3) is 0 Å². The Morgan fingerprint density at radius 3 is 2.70 bits per heavy atom. The molecule has 0 radical (unpaired) electrons. The predicted octanol–water partition coefficient (Wildman–Crippen LogP) is 4.12. The van der Waals surface area contributed by atoms with Gasteiger partial charge in [-0.3, -0.25) is 5.32 Å². The van der Waals surface area contributed by atoms with Gasteiger partial charge in [-0.05, 0) is 43.0 Å². The average Bonchev–Trinajstić information content (AvgIpc) is 2.59. The number of methoxy groups -OCH3 is 1. The van der Waals surface area contributed by atoms with E-state index in [9.17, 15) is 4.79 Å². The number of carbonyl (C=O) groups excluding carboxylic acids is 1. The van der Waals surface area contributed by atoms with Crippen molar-refractivity contribution in [3.63, 3.8) is 0 Å². The van der Waals surface area contributed by atoms with E-state index in [2.05, 4.69) is 33.9 Å². The molecule has 0 aliphatic heterocycles.